The second kappa shape index (κ2) is 7.47. The highest BCUT2D eigenvalue weighted by atomic mass is 32.1. The summed E-state index contributed by atoms with van der Waals surface area (Å²) >= 11 is 5.33. The summed E-state index contributed by atoms with van der Waals surface area (Å²) in [5.41, 5.74) is 3.88. The van der Waals surface area contributed by atoms with Crippen LogP contribution in [0.1, 0.15) is 18.9 Å². The van der Waals surface area contributed by atoms with Gasteiger partial charge in [0.25, 0.3) is 0 Å². The first-order valence-electron chi connectivity index (χ1n) is 8.18. The molecule has 2 N–H and O–H groups in total. The largest absolute Gasteiger partial charge is 0.368 e. The highest BCUT2D eigenvalue weighted by Crippen LogP contribution is 2.31. The van der Waals surface area contributed by atoms with E-state index in [1.807, 2.05) is 30.3 Å². The van der Waals surface area contributed by atoms with Gasteiger partial charge in [0.2, 0.25) is 0 Å². The maximum Gasteiger partial charge on any atom is 0.170 e. The Morgan fingerprint density at radius 3 is 2.70 bits per heavy atom. The van der Waals surface area contributed by atoms with E-state index in [9.17, 15) is 0 Å². The first kappa shape index (κ1) is 15.8. The zero-order valence-corrected chi connectivity index (χ0v) is 14.3. The molecule has 0 bridgehead atoms. The number of benzene rings is 2. The molecule has 0 saturated heterocycles. The van der Waals surface area contributed by atoms with Crippen molar-refractivity contribution >= 4 is 28.7 Å². The fourth-order valence-corrected chi connectivity index (χ4v) is 3.34. The zero-order valence-electron chi connectivity index (χ0n) is 13.5. The number of rotatable bonds is 5. The lowest BCUT2D eigenvalue weighted by Crippen LogP contribution is -2.34. The van der Waals surface area contributed by atoms with Crippen LogP contribution in [0.15, 0.2) is 54.6 Å². The van der Waals surface area contributed by atoms with E-state index in [0.29, 0.717) is 11.2 Å². The molecular weight excluding hydrogens is 302 g/mol. The lowest BCUT2D eigenvalue weighted by atomic mass is 10.1. The molecule has 0 fully saturated rings. The molecule has 3 rings (SSSR count). The number of para-hydroxylation sites is 2. The fraction of sp³-hybridized carbons (Fsp3) is 0.316. The van der Waals surface area contributed by atoms with Crippen molar-refractivity contribution in [1.29, 1.82) is 0 Å². The van der Waals surface area contributed by atoms with Gasteiger partial charge in [0.1, 0.15) is 0 Å². The SMILES string of the molecule is CC1Cc2ccccc2N1CCCNC(=S)Nc1ccccc1. The minimum Gasteiger partial charge on any atom is -0.368 e. The molecule has 120 valence electrons. The molecule has 1 heterocycles. The standard InChI is InChI=1S/C19H23N3S/c1-15-14-16-8-5-6-11-18(16)22(15)13-7-12-20-19(23)21-17-9-3-2-4-10-17/h2-6,8-11,15H,7,12-14H2,1H3,(H2,20,21,23). The predicted molar refractivity (Wildman–Crippen MR) is 102 cm³/mol. The van der Waals surface area contributed by atoms with Gasteiger partial charge in [-0.25, -0.2) is 0 Å². The highest BCUT2D eigenvalue weighted by Gasteiger charge is 2.24. The molecule has 2 aromatic rings. The van der Waals surface area contributed by atoms with Crippen LogP contribution in [0.5, 0.6) is 0 Å². The van der Waals surface area contributed by atoms with E-state index < -0.39 is 0 Å². The van der Waals surface area contributed by atoms with Crippen molar-refractivity contribution in [3.8, 4) is 0 Å². The molecule has 2 aromatic carbocycles. The Labute approximate surface area is 143 Å². The van der Waals surface area contributed by atoms with Crippen LogP contribution >= 0.6 is 12.2 Å². The van der Waals surface area contributed by atoms with Crippen molar-refractivity contribution in [3.63, 3.8) is 0 Å². The van der Waals surface area contributed by atoms with E-state index in [4.69, 9.17) is 12.2 Å². The molecule has 0 amide bonds. The number of fused-ring (bicyclic) bond motifs is 1. The normalized spacial score (nSPS) is 16.0. The Kier molecular flexibility index (Phi) is 5.13. The third kappa shape index (κ3) is 4.02. The Hall–Kier alpha value is -2.07. The molecule has 0 aromatic heterocycles. The topological polar surface area (TPSA) is 27.3 Å². The minimum atomic E-state index is 0.585. The molecule has 1 aliphatic rings. The van der Waals surface area contributed by atoms with Crippen molar-refractivity contribution in [1.82, 2.24) is 5.32 Å². The summed E-state index contributed by atoms with van der Waals surface area (Å²) in [6, 6.07) is 19.3. The molecule has 1 atom stereocenters. The molecule has 0 saturated carbocycles. The summed E-state index contributed by atoms with van der Waals surface area (Å²) in [6.07, 6.45) is 2.22. The number of nitrogens with zero attached hydrogens (tertiary/aromatic N) is 1. The summed E-state index contributed by atoms with van der Waals surface area (Å²) < 4.78 is 0. The van der Waals surface area contributed by atoms with Gasteiger partial charge >= 0.3 is 0 Å². The van der Waals surface area contributed by atoms with E-state index in [2.05, 4.69) is 46.7 Å². The first-order chi connectivity index (χ1) is 11.2. The summed E-state index contributed by atoms with van der Waals surface area (Å²) in [4.78, 5) is 2.50. The summed E-state index contributed by atoms with van der Waals surface area (Å²) in [5.74, 6) is 0. The predicted octanol–water partition coefficient (Wildman–Crippen LogP) is 3.81. The van der Waals surface area contributed by atoms with Gasteiger partial charge in [-0.1, -0.05) is 36.4 Å². The van der Waals surface area contributed by atoms with Crippen LogP contribution in [-0.4, -0.2) is 24.2 Å². The van der Waals surface area contributed by atoms with Gasteiger partial charge in [-0.15, -0.1) is 0 Å². The third-order valence-corrected chi connectivity index (χ3v) is 4.49. The number of hydrogen-bond donors (Lipinski definition) is 2. The van der Waals surface area contributed by atoms with Gasteiger partial charge in [0.15, 0.2) is 5.11 Å². The quantitative estimate of drug-likeness (QED) is 0.646. The summed E-state index contributed by atoms with van der Waals surface area (Å²) in [7, 11) is 0. The van der Waals surface area contributed by atoms with Gasteiger partial charge in [-0.2, -0.15) is 0 Å². The Morgan fingerprint density at radius 2 is 1.87 bits per heavy atom. The molecule has 0 aliphatic carbocycles. The summed E-state index contributed by atoms with van der Waals surface area (Å²) in [5, 5.41) is 7.18. The highest BCUT2D eigenvalue weighted by molar-refractivity contribution is 7.80. The molecular formula is C19H23N3S. The first-order valence-corrected chi connectivity index (χ1v) is 8.59. The Morgan fingerprint density at radius 1 is 1.13 bits per heavy atom. The molecule has 1 unspecified atom stereocenters. The van der Waals surface area contributed by atoms with Crippen molar-refractivity contribution in [2.45, 2.75) is 25.8 Å². The van der Waals surface area contributed by atoms with Crippen molar-refractivity contribution in [3.05, 3.63) is 60.2 Å². The number of hydrogen-bond acceptors (Lipinski definition) is 2. The van der Waals surface area contributed by atoms with Crippen LogP contribution in [0.4, 0.5) is 11.4 Å². The zero-order chi connectivity index (χ0) is 16.1. The molecule has 3 nitrogen and oxygen atoms in total. The van der Waals surface area contributed by atoms with E-state index >= 15 is 0 Å². The van der Waals surface area contributed by atoms with Crippen LogP contribution in [0, 0.1) is 0 Å². The van der Waals surface area contributed by atoms with E-state index in [1.54, 1.807) is 0 Å². The molecule has 23 heavy (non-hydrogen) atoms. The lowest BCUT2D eigenvalue weighted by molar-refractivity contribution is 0.641. The van der Waals surface area contributed by atoms with Gasteiger partial charge in [-0.05, 0) is 55.7 Å². The maximum absolute atomic E-state index is 5.33. The second-order valence-electron chi connectivity index (χ2n) is 5.98. The Balaban J connectivity index is 1.43. The van der Waals surface area contributed by atoms with Crippen LogP contribution in [0.25, 0.3) is 0 Å². The van der Waals surface area contributed by atoms with E-state index in [-0.39, 0.29) is 0 Å². The van der Waals surface area contributed by atoms with Crippen LogP contribution < -0.4 is 15.5 Å². The lowest BCUT2D eigenvalue weighted by Gasteiger charge is -2.25. The van der Waals surface area contributed by atoms with Gasteiger partial charge in [0, 0.05) is 30.5 Å². The van der Waals surface area contributed by atoms with Gasteiger partial charge in [-0.3, -0.25) is 0 Å². The van der Waals surface area contributed by atoms with Gasteiger partial charge in [0.05, 0.1) is 0 Å². The monoisotopic (exact) mass is 325 g/mol. The molecule has 0 radical (unpaired) electrons. The molecule has 0 spiro atoms. The van der Waals surface area contributed by atoms with E-state index in [0.717, 1.165) is 31.6 Å². The number of thiocarbonyl (C=S) groups is 1. The average molecular weight is 325 g/mol. The molecule has 1 aliphatic heterocycles. The average Bonchev–Trinajstić information content (AvgIpc) is 2.88. The van der Waals surface area contributed by atoms with Crippen LogP contribution in [0.2, 0.25) is 0 Å². The number of anilines is 2. The molecule has 4 heteroatoms. The van der Waals surface area contributed by atoms with Crippen molar-refractivity contribution in [2.75, 3.05) is 23.3 Å². The third-order valence-electron chi connectivity index (χ3n) is 4.24. The van der Waals surface area contributed by atoms with Crippen molar-refractivity contribution < 1.29 is 0 Å². The minimum absolute atomic E-state index is 0.585. The summed E-state index contributed by atoms with van der Waals surface area (Å²) in [6.45, 7) is 4.23. The maximum atomic E-state index is 5.33. The van der Waals surface area contributed by atoms with Crippen molar-refractivity contribution in [2.24, 2.45) is 0 Å². The fourth-order valence-electron chi connectivity index (χ4n) is 3.12. The Bertz CT molecular complexity index is 657. The number of nitrogens with one attached hydrogen (secondary N) is 2. The smallest absolute Gasteiger partial charge is 0.170 e. The second-order valence-corrected chi connectivity index (χ2v) is 6.38. The van der Waals surface area contributed by atoms with Gasteiger partial charge < -0.3 is 15.5 Å². The van der Waals surface area contributed by atoms with Crippen LogP contribution in [-0.2, 0) is 6.42 Å². The van der Waals surface area contributed by atoms with Crippen LogP contribution in [0.3, 0.4) is 0 Å². The van der Waals surface area contributed by atoms with E-state index in [1.165, 1.54) is 11.3 Å².